The van der Waals surface area contributed by atoms with Gasteiger partial charge in [-0.25, -0.2) is 0 Å². The van der Waals surface area contributed by atoms with Crippen molar-refractivity contribution in [1.29, 1.82) is 0 Å². The van der Waals surface area contributed by atoms with Gasteiger partial charge in [-0.2, -0.15) is 0 Å². The molecule has 0 saturated carbocycles. The zero-order valence-electron chi connectivity index (χ0n) is 14.6. The van der Waals surface area contributed by atoms with Crippen LogP contribution in [0, 0.1) is 6.92 Å². The maximum atomic E-state index is 12.4. The fourth-order valence-electron chi connectivity index (χ4n) is 2.84. The number of carbonyl (C=O) groups is 2. The van der Waals surface area contributed by atoms with E-state index in [-0.39, 0.29) is 16.3 Å². The number of likely N-dealkylation sites (N-methyl/N-ethyl adjacent to an activating group) is 1. The maximum absolute atomic E-state index is 12.4. The summed E-state index contributed by atoms with van der Waals surface area (Å²) in [5.41, 5.74) is 3.51. The molecule has 0 spiro atoms. The summed E-state index contributed by atoms with van der Waals surface area (Å²) < 4.78 is 6.18. The van der Waals surface area contributed by atoms with Gasteiger partial charge in [0, 0.05) is 7.05 Å². The van der Waals surface area contributed by atoms with E-state index < -0.39 is 0 Å². The third kappa shape index (κ3) is 3.22. The van der Waals surface area contributed by atoms with Gasteiger partial charge in [0.25, 0.3) is 11.8 Å². The largest absolute Gasteiger partial charge is 0.489 e. The molecule has 2 amide bonds. The Morgan fingerprint density at radius 1 is 1.08 bits per heavy atom. The second-order valence-corrected chi connectivity index (χ2v) is 6.83. The minimum Gasteiger partial charge on any atom is -0.489 e. The first kappa shape index (κ1) is 18.1. The van der Waals surface area contributed by atoms with Crippen molar-refractivity contribution in [3.05, 3.63) is 81.9 Å². The summed E-state index contributed by atoms with van der Waals surface area (Å²) in [6.45, 7) is 6.42. The van der Waals surface area contributed by atoms with Crippen LogP contribution >= 0.6 is 15.9 Å². The summed E-state index contributed by atoms with van der Waals surface area (Å²) in [6, 6.07) is 15.5. The van der Waals surface area contributed by atoms with Crippen LogP contribution in [0.4, 0.5) is 0 Å². The Kier molecular flexibility index (Phi) is 5.09. The third-order valence-corrected chi connectivity index (χ3v) is 5.11. The van der Waals surface area contributed by atoms with Gasteiger partial charge in [-0.3, -0.25) is 14.5 Å². The van der Waals surface area contributed by atoms with Gasteiger partial charge >= 0.3 is 0 Å². The molecule has 1 aliphatic heterocycles. The minimum atomic E-state index is -0.361. The first-order chi connectivity index (χ1) is 12.4. The van der Waals surface area contributed by atoms with Crippen LogP contribution in [-0.2, 0) is 16.2 Å². The molecule has 3 rings (SSSR count). The molecule has 0 N–H and O–H groups in total. The van der Waals surface area contributed by atoms with E-state index in [4.69, 9.17) is 4.74 Å². The van der Waals surface area contributed by atoms with Crippen molar-refractivity contribution in [2.45, 2.75) is 13.5 Å². The highest BCUT2D eigenvalue weighted by Crippen LogP contribution is 2.36. The molecule has 2 aromatic rings. The average Bonchev–Trinajstić information content (AvgIpc) is 2.84. The molecule has 1 heterocycles. The van der Waals surface area contributed by atoms with E-state index in [1.54, 1.807) is 0 Å². The summed E-state index contributed by atoms with van der Waals surface area (Å²) in [6.07, 6.45) is 0. The molecule has 0 fully saturated rings. The Morgan fingerprint density at radius 2 is 1.77 bits per heavy atom. The molecule has 0 bridgehead atoms. The van der Waals surface area contributed by atoms with E-state index in [2.05, 4.69) is 22.5 Å². The number of rotatable bonds is 5. The van der Waals surface area contributed by atoms with Crippen LogP contribution in [0.2, 0.25) is 0 Å². The van der Waals surface area contributed by atoms with Crippen LogP contribution in [0.5, 0.6) is 5.75 Å². The number of carbonyl (C=O) groups excluding carboxylic acids is 2. The molecule has 0 radical (unpaired) electrons. The molecule has 26 heavy (non-hydrogen) atoms. The van der Waals surface area contributed by atoms with Gasteiger partial charge < -0.3 is 4.74 Å². The highest BCUT2D eigenvalue weighted by molar-refractivity contribution is 9.12. The lowest BCUT2D eigenvalue weighted by Gasteiger charge is -2.15. The standard InChI is InChI=1S/C21H18BrNO3/c1-13-16(14(2)18-19(22)21(25)23(3)20(18)24)10-7-11-17(13)26-12-15-8-5-4-6-9-15/h4-11H,2,12H2,1,3H3. The van der Waals surface area contributed by atoms with Crippen LogP contribution in [0.3, 0.4) is 0 Å². The highest BCUT2D eigenvalue weighted by atomic mass is 79.9. The summed E-state index contributed by atoms with van der Waals surface area (Å²) in [4.78, 5) is 25.5. The monoisotopic (exact) mass is 411 g/mol. The van der Waals surface area contributed by atoms with Crippen molar-refractivity contribution in [2.75, 3.05) is 7.05 Å². The number of hydrogen-bond acceptors (Lipinski definition) is 3. The smallest absolute Gasteiger partial charge is 0.268 e. The second-order valence-electron chi connectivity index (χ2n) is 6.04. The number of halogens is 1. The molecule has 0 atom stereocenters. The molecule has 132 valence electrons. The van der Waals surface area contributed by atoms with Crippen LogP contribution in [0.15, 0.2) is 65.2 Å². The Balaban J connectivity index is 1.89. The van der Waals surface area contributed by atoms with Gasteiger partial charge in [0.1, 0.15) is 12.4 Å². The van der Waals surface area contributed by atoms with Gasteiger partial charge in [-0.05, 0) is 51.2 Å². The van der Waals surface area contributed by atoms with E-state index in [0.717, 1.165) is 21.6 Å². The maximum Gasteiger partial charge on any atom is 0.268 e. The SMILES string of the molecule is C=C(C1=C(Br)C(=O)N(C)C1=O)c1cccc(OCc2ccccc2)c1C. The summed E-state index contributed by atoms with van der Waals surface area (Å²) in [5, 5.41) is 0. The summed E-state index contributed by atoms with van der Waals surface area (Å²) >= 11 is 3.23. The van der Waals surface area contributed by atoms with Crippen LogP contribution < -0.4 is 4.74 Å². The number of ether oxygens (including phenoxy) is 1. The van der Waals surface area contributed by atoms with E-state index in [1.165, 1.54) is 7.05 Å². The zero-order chi connectivity index (χ0) is 18.8. The minimum absolute atomic E-state index is 0.241. The van der Waals surface area contributed by atoms with Crippen LogP contribution in [0.25, 0.3) is 5.57 Å². The molecule has 0 saturated heterocycles. The topological polar surface area (TPSA) is 46.6 Å². The predicted molar refractivity (Wildman–Crippen MR) is 105 cm³/mol. The van der Waals surface area contributed by atoms with Gasteiger partial charge in [0.15, 0.2) is 0 Å². The fraction of sp³-hybridized carbons (Fsp3) is 0.143. The Labute approximate surface area is 160 Å². The molecule has 0 aromatic heterocycles. The number of benzene rings is 2. The molecule has 0 aliphatic carbocycles. The van der Waals surface area contributed by atoms with Gasteiger partial charge in [-0.15, -0.1) is 0 Å². The lowest BCUT2D eigenvalue weighted by atomic mass is 9.95. The van der Waals surface area contributed by atoms with E-state index in [9.17, 15) is 9.59 Å². The molecule has 0 unspecified atom stereocenters. The number of hydrogen-bond donors (Lipinski definition) is 0. The predicted octanol–water partition coefficient (Wildman–Crippen LogP) is 4.23. The van der Waals surface area contributed by atoms with Crippen LogP contribution in [0.1, 0.15) is 16.7 Å². The zero-order valence-corrected chi connectivity index (χ0v) is 16.2. The first-order valence-electron chi connectivity index (χ1n) is 8.10. The number of amides is 2. The first-order valence-corrected chi connectivity index (χ1v) is 8.89. The van der Waals surface area contributed by atoms with Crippen molar-refractivity contribution < 1.29 is 14.3 Å². The number of nitrogens with zero attached hydrogens (tertiary/aromatic N) is 1. The lowest BCUT2D eigenvalue weighted by molar-refractivity contribution is -0.135. The van der Waals surface area contributed by atoms with E-state index >= 15 is 0 Å². The normalized spacial score (nSPS) is 14.2. The fourth-order valence-corrected chi connectivity index (χ4v) is 3.51. The summed E-state index contributed by atoms with van der Waals surface area (Å²) in [5.74, 6) is -0.00322. The molecule has 2 aromatic carbocycles. The van der Waals surface area contributed by atoms with E-state index in [1.807, 2.05) is 55.5 Å². The molecule has 1 aliphatic rings. The van der Waals surface area contributed by atoms with Crippen molar-refractivity contribution in [2.24, 2.45) is 0 Å². The van der Waals surface area contributed by atoms with Crippen LogP contribution in [-0.4, -0.2) is 23.8 Å². The molecule has 5 heteroatoms. The molecule has 4 nitrogen and oxygen atoms in total. The van der Waals surface area contributed by atoms with Crippen molar-refractivity contribution in [3.8, 4) is 5.75 Å². The summed E-state index contributed by atoms with van der Waals surface area (Å²) in [7, 11) is 1.46. The molecular formula is C21H18BrNO3. The number of imide groups is 1. The van der Waals surface area contributed by atoms with Crippen molar-refractivity contribution >= 4 is 33.3 Å². The third-order valence-electron chi connectivity index (χ3n) is 4.38. The average molecular weight is 412 g/mol. The van der Waals surface area contributed by atoms with Crippen molar-refractivity contribution in [1.82, 2.24) is 4.90 Å². The van der Waals surface area contributed by atoms with Gasteiger partial charge in [-0.1, -0.05) is 49.0 Å². The Hall–Kier alpha value is -2.66. The van der Waals surface area contributed by atoms with Gasteiger partial charge in [0.05, 0.1) is 10.1 Å². The molecular weight excluding hydrogens is 394 g/mol. The quantitative estimate of drug-likeness (QED) is 0.691. The highest BCUT2D eigenvalue weighted by Gasteiger charge is 2.36. The second kappa shape index (κ2) is 7.30. The lowest BCUT2D eigenvalue weighted by Crippen LogP contribution is -2.26. The van der Waals surface area contributed by atoms with E-state index in [0.29, 0.717) is 23.5 Å². The Morgan fingerprint density at radius 3 is 2.38 bits per heavy atom. The van der Waals surface area contributed by atoms with Gasteiger partial charge in [0.2, 0.25) is 0 Å². The Bertz CT molecular complexity index is 932. The van der Waals surface area contributed by atoms with Crippen molar-refractivity contribution in [3.63, 3.8) is 0 Å².